The number of hydrogen-bond acceptors (Lipinski definition) is 1. The summed E-state index contributed by atoms with van der Waals surface area (Å²) < 4.78 is 0. The Balaban J connectivity index is 1.98. The SMILES string of the molecule is CC(CCN)c1ccc2c(c1)Cc1ccccc1-2. The Morgan fingerprint density at radius 2 is 1.83 bits per heavy atom. The summed E-state index contributed by atoms with van der Waals surface area (Å²) in [4.78, 5) is 0. The zero-order chi connectivity index (χ0) is 12.5. The minimum atomic E-state index is 0.559. The van der Waals surface area contributed by atoms with E-state index in [1.165, 1.54) is 27.8 Å². The van der Waals surface area contributed by atoms with E-state index in [2.05, 4.69) is 49.4 Å². The van der Waals surface area contributed by atoms with Crippen LogP contribution >= 0.6 is 0 Å². The molecule has 1 atom stereocenters. The molecular weight excluding hydrogens is 218 g/mol. The average molecular weight is 237 g/mol. The maximum atomic E-state index is 5.65. The molecule has 0 aliphatic heterocycles. The van der Waals surface area contributed by atoms with Gasteiger partial charge in [0.05, 0.1) is 0 Å². The van der Waals surface area contributed by atoms with Gasteiger partial charge >= 0.3 is 0 Å². The summed E-state index contributed by atoms with van der Waals surface area (Å²) >= 11 is 0. The smallest absolute Gasteiger partial charge is 0.00134 e. The van der Waals surface area contributed by atoms with E-state index >= 15 is 0 Å². The van der Waals surface area contributed by atoms with E-state index in [9.17, 15) is 0 Å². The Kier molecular flexibility index (Phi) is 2.92. The third-order valence-electron chi connectivity index (χ3n) is 3.99. The van der Waals surface area contributed by atoms with Gasteiger partial charge in [-0.3, -0.25) is 0 Å². The van der Waals surface area contributed by atoms with Crippen LogP contribution in [0.2, 0.25) is 0 Å². The third kappa shape index (κ3) is 1.85. The van der Waals surface area contributed by atoms with Crippen molar-refractivity contribution >= 4 is 0 Å². The maximum absolute atomic E-state index is 5.65. The second-order valence-corrected chi connectivity index (χ2v) is 5.23. The van der Waals surface area contributed by atoms with Crippen LogP contribution in [0.25, 0.3) is 11.1 Å². The van der Waals surface area contributed by atoms with E-state index in [1.54, 1.807) is 0 Å². The fraction of sp³-hybridized carbons (Fsp3) is 0.294. The van der Waals surface area contributed by atoms with E-state index in [4.69, 9.17) is 5.73 Å². The zero-order valence-electron chi connectivity index (χ0n) is 10.8. The highest BCUT2D eigenvalue weighted by Gasteiger charge is 2.18. The molecule has 3 rings (SSSR count). The quantitative estimate of drug-likeness (QED) is 0.738. The second-order valence-electron chi connectivity index (χ2n) is 5.23. The van der Waals surface area contributed by atoms with Crippen molar-refractivity contribution in [1.82, 2.24) is 0 Å². The van der Waals surface area contributed by atoms with Crippen LogP contribution in [0.4, 0.5) is 0 Å². The van der Waals surface area contributed by atoms with Gasteiger partial charge < -0.3 is 5.73 Å². The summed E-state index contributed by atoms with van der Waals surface area (Å²) in [5, 5.41) is 0. The molecule has 0 aromatic heterocycles. The van der Waals surface area contributed by atoms with Crippen LogP contribution in [0.3, 0.4) is 0 Å². The van der Waals surface area contributed by atoms with Gasteiger partial charge in [-0.05, 0) is 53.1 Å². The first-order chi connectivity index (χ1) is 8.79. The lowest BCUT2D eigenvalue weighted by Crippen LogP contribution is -2.04. The van der Waals surface area contributed by atoms with Crippen molar-refractivity contribution in [2.75, 3.05) is 6.54 Å². The van der Waals surface area contributed by atoms with E-state index in [-0.39, 0.29) is 0 Å². The first-order valence-electron chi connectivity index (χ1n) is 6.71. The number of rotatable bonds is 3. The van der Waals surface area contributed by atoms with E-state index in [0.717, 1.165) is 19.4 Å². The van der Waals surface area contributed by atoms with Crippen LogP contribution in [-0.2, 0) is 6.42 Å². The van der Waals surface area contributed by atoms with Crippen LogP contribution in [0.1, 0.15) is 36.0 Å². The van der Waals surface area contributed by atoms with E-state index in [1.807, 2.05) is 0 Å². The molecule has 2 N–H and O–H groups in total. The molecule has 1 unspecified atom stereocenters. The van der Waals surface area contributed by atoms with Crippen LogP contribution in [0.5, 0.6) is 0 Å². The van der Waals surface area contributed by atoms with Gasteiger partial charge in [0.15, 0.2) is 0 Å². The van der Waals surface area contributed by atoms with Crippen molar-refractivity contribution in [2.45, 2.75) is 25.7 Å². The Morgan fingerprint density at radius 3 is 2.67 bits per heavy atom. The van der Waals surface area contributed by atoms with Gasteiger partial charge in [-0.15, -0.1) is 0 Å². The Hall–Kier alpha value is -1.60. The standard InChI is InChI=1S/C17H19N/c1-12(8-9-18)13-6-7-17-15(10-13)11-14-4-2-3-5-16(14)17/h2-7,10,12H,8-9,11,18H2,1H3. The monoisotopic (exact) mass is 237 g/mol. The molecule has 92 valence electrons. The van der Waals surface area contributed by atoms with Crippen molar-refractivity contribution in [2.24, 2.45) is 5.73 Å². The van der Waals surface area contributed by atoms with Crippen molar-refractivity contribution in [3.63, 3.8) is 0 Å². The summed E-state index contributed by atoms with van der Waals surface area (Å²) in [6.45, 7) is 3.02. The number of fused-ring (bicyclic) bond motifs is 3. The molecule has 0 radical (unpaired) electrons. The van der Waals surface area contributed by atoms with Gasteiger partial charge in [-0.25, -0.2) is 0 Å². The summed E-state index contributed by atoms with van der Waals surface area (Å²) in [6, 6.07) is 15.6. The first kappa shape index (κ1) is 11.5. The summed E-state index contributed by atoms with van der Waals surface area (Å²) in [6.07, 6.45) is 2.14. The minimum Gasteiger partial charge on any atom is -0.330 e. The molecule has 0 bridgehead atoms. The second kappa shape index (κ2) is 4.58. The van der Waals surface area contributed by atoms with Crippen LogP contribution in [-0.4, -0.2) is 6.54 Å². The topological polar surface area (TPSA) is 26.0 Å². The van der Waals surface area contributed by atoms with Gasteiger partial charge in [0.25, 0.3) is 0 Å². The summed E-state index contributed by atoms with van der Waals surface area (Å²) in [5.41, 5.74) is 12.8. The average Bonchev–Trinajstić information content (AvgIpc) is 2.76. The van der Waals surface area contributed by atoms with Gasteiger partial charge in [-0.1, -0.05) is 49.4 Å². The lowest BCUT2D eigenvalue weighted by atomic mass is 9.94. The van der Waals surface area contributed by atoms with Gasteiger partial charge in [0.2, 0.25) is 0 Å². The highest BCUT2D eigenvalue weighted by molar-refractivity contribution is 5.76. The summed E-state index contributed by atoms with van der Waals surface area (Å²) in [7, 11) is 0. The normalized spacial score (nSPS) is 14.1. The number of nitrogens with two attached hydrogens (primary N) is 1. The lowest BCUT2D eigenvalue weighted by Gasteiger charge is -2.12. The van der Waals surface area contributed by atoms with Gasteiger partial charge in [-0.2, -0.15) is 0 Å². The first-order valence-corrected chi connectivity index (χ1v) is 6.71. The fourth-order valence-electron chi connectivity index (χ4n) is 2.89. The molecule has 1 aliphatic rings. The molecule has 2 aromatic rings. The molecule has 1 nitrogen and oxygen atoms in total. The van der Waals surface area contributed by atoms with Gasteiger partial charge in [0.1, 0.15) is 0 Å². The Bertz CT molecular complexity index is 572. The molecular formula is C17H19N. The predicted octanol–water partition coefficient (Wildman–Crippen LogP) is 3.71. The maximum Gasteiger partial charge on any atom is -0.00134 e. The minimum absolute atomic E-state index is 0.559. The van der Waals surface area contributed by atoms with Crippen LogP contribution < -0.4 is 5.73 Å². The molecule has 1 heteroatoms. The van der Waals surface area contributed by atoms with Crippen molar-refractivity contribution < 1.29 is 0 Å². The van der Waals surface area contributed by atoms with E-state index < -0.39 is 0 Å². The highest BCUT2D eigenvalue weighted by Crippen LogP contribution is 2.37. The molecule has 0 saturated heterocycles. The zero-order valence-corrected chi connectivity index (χ0v) is 10.8. The molecule has 0 heterocycles. The predicted molar refractivity (Wildman–Crippen MR) is 76.8 cm³/mol. The lowest BCUT2D eigenvalue weighted by molar-refractivity contribution is 0.689. The molecule has 0 fully saturated rings. The number of benzene rings is 2. The largest absolute Gasteiger partial charge is 0.330 e. The Labute approximate surface area is 109 Å². The highest BCUT2D eigenvalue weighted by atomic mass is 14.5. The van der Waals surface area contributed by atoms with Gasteiger partial charge in [0, 0.05) is 0 Å². The Morgan fingerprint density at radius 1 is 1.06 bits per heavy atom. The molecule has 0 amide bonds. The van der Waals surface area contributed by atoms with E-state index in [0.29, 0.717) is 5.92 Å². The van der Waals surface area contributed by atoms with Crippen molar-refractivity contribution in [3.05, 3.63) is 59.2 Å². The third-order valence-corrected chi connectivity index (χ3v) is 3.99. The van der Waals surface area contributed by atoms with Crippen LogP contribution in [0.15, 0.2) is 42.5 Å². The molecule has 0 saturated carbocycles. The van der Waals surface area contributed by atoms with Crippen molar-refractivity contribution in [1.29, 1.82) is 0 Å². The molecule has 18 heavy (non-hydrogen) atoms. The molecule has 1 aliphatic carbocycles. The summed E-state index contributed by atoms with van der Waals surface area (Å²) in [5.74, 6) is 0.559. The van der Waals surface area contributed by atoms with Crippen molar-refractivity contribution in [3.8, 4) is 11.1 Å². The molecule has 2 aromatic carbocycles. The van der Waals surface area contributed by atoms with Crippen LogP contribution in [0, 0.1) is 0 Å². The fourth-order valence-corrected chi connectivity index (χ4v) is 2.89. The molecule has 0 spiro atoms. The number of hydrogen-bond donors (Lipinski definition) is 1.